The zero-order valence-electron chi connectivity index (χ0n) is 9.21. The summed E-state index contributed by atoms with van der Waals surface area (Å²) in [7, 11) is 4.21. The van der Waals surface area contributed by atoms with Crippen LogP contribution in [0.4, 0.5) is 0 Å². The van der Waals surface area contributed by atoms with Crippen LogP contribution in [0.3, 0.4) is 0 Å². The largest absolute Gasteiger partial charge is 0.380 e. The van der Waals surface area contributed by atoms with Crippen LogP contribution >= 0.6 is 0 Å². The van der Waals surface area contributed by atoms with Gasteiger partial charge < -0.3 is 10.1 Å². The molecule has 0 aliphatic carbocycles. The molecule has 0 bridgehead atoms. The van der Waals surface area contributed by atoms with Gasteiger partial charge in [0.25, 0.3) is 0 Å². The number of nitrogens with one attached hydrogen (secondary N) is 1. The molecule has 1 aliphatic heterocycles. The van der Waals surface area contributed by atoms with E-state index in [1.807, 2.05) is 7.05 Å². The van der Waals surface area contributed by atoms with Gasteiger partial charge in [-0.1, -0.05) is 0 Å². The van der Waals surface area contributed by atoms with E-state index in [9.17, 15) is 0 Å². The normalized spacial score (nSPS) is 27.9. The molecule has 1 heterocycles. The Kier molecular flexibility index (Phi) is 4.16. The van der Waals surface area contributed by atoms with Crippen molar-refractivity contribution in [2.45, 2.75) is 38.4 Å². The number of hydrogen-bond donors (Lipinski definition) is 1. The first-order valence-corrected chi connectivity index (χ1v) is 5.13. The highest BCUT2D eigenvalue weighted by atomic mass is 16.5. The fourth-order valence-corrected chi connectivity index (χ4v) is 1.77. The molecule has 0 aromatic carbocycles. The van der Waals surface area contributed by atoms with Crippen LogP contribution in [0.25, 0.3) is 0 Å². The van der Waals surface area contributed by atoms with Gasteiger partial charge in [0.1, 0.15) is 0 Å². The third kappa shape index (κ3) is 2.66. The molecule has 0 aromatic heterocycles. The summed E-state index contributed by atoms with van der Waals surface area (Å²) in [5, 5.41) is 3.29. The third-order valence-electron chi connectivity index (χ3n) is 3.30. The average molecular weight is 186 g/mol. The van der Waals surface area contributed by atoms with Crippen molar-refractivity contribution in [2.24, 2.45) is 0 Å². The molecule has 3 unspecified atom stereocenters. The Bertz CT molecular complexity index is 146. The lowest BCUT2D eigenvalue weighted by Gasteiger charge is -2.33. The molecule has 0 amide bonds. The van der Waals surface area contributed by atoms with Crippen molar-refractivity contribution in [3.63, 3.8) is 0 Å². The van der Waals surface area contributed by atoms with E-state index in [1.54, 1.807) is 0 Å². The topological polar surface area (TPSA) is 24.5 Å². The minimum Gasteiger partial charge on any atom is -0.380 e. The summed E-state index contributed by atoms with van der Waals surface area (Å²) in [5.74, 6) is 0. The van der Waals surface area contributed by atoms with Gasteiger partial charge in [0.05, 0.1) is 6.61 Å². The lowest BCUT2D eigenvalue weighted by molar-refractivity contribution is 0.125. The molecule has 0 saturated carbocycles. The summed E-state index contributed by atoms with van der Waals surface area (Å²) in [4.78, 5) is 2.42. The fourth-order valence-electron chi connectivity index (χ4n) is 1.77. The minimum absolute atomic E-state index is 0.533. The summed E-state index contributed by atoms with van der Waals surface area (Å²) < 4.78 is 5.38. The van der Waals surface area contributed by atoms with Crippen LogP contribution in [0, 0.1) is 0 Å². The van der Waals surface area contributed by atoms with Crippen molar-refractivity contribution in [2.75, 3.05) is 27.3 Å². The van der Waals surface area contributed by atoms with Gasteiger partial charge in [0.2, 0.25) is 0 Å². The maximum atomic E-state index is 5.38. The first-order valence-electron chi connectivity index (χ1n) is 5.13. The maximum absolute atomic E-state index is 5.38. The van der Waals surface area contributed by atoms with Gasteiger partial charge in [0, 0.05) is 24.7 Å². The second-order valence-electron chi connectivity index (χ2n) is 4.00. The van der Waals surface area contributed by atoms with E-state index in [0.29, 0.717) is 18.1 Å². The van der Waals surface area contributed by atoms with E-state index in [-0.39, 0.29) is 0 Å². The van der Waals surface area contributed by atoms with E-state index >= 15 is 0 Å². The van der Waals surface area contributed by atoms with E-state index in [1.165, 1.54) is 6.42 Å². The number of ether oxygens (including phenoxy) is 1. The van der Waals surface area contributed by atoms with Crippen molar-refractivity contribution in [1.29, 1.82) is 0 Å². The Morgan fingerprint density at radius 1 is 1.46 bits per heavy atom. The van der Waals surface area contributed by atoms with Gasteiger partial charge in [-0.2, -0.15) is 0 Å². The van der Waals surface area contributed by atoms with Crippen LogP contribution in [-0.2, 0) is 4.74 Å². The van der Waals surface area contributed by atoms with Crippen LogP contribution in [0.2, 0.25) is 0 Å². The van der Waals surface area contributed by atoms with Gasteiger partial charge in [-0.25, -0.2) is 0 Å². The molecule has 3 nitrogen and oxygen atoms in total. The summed E-state index contributed by atoms with van der Waals surface area (Å²) >= 11 is 0. The number of nitrogens with zero attached hydrogens (tertiary/aromatic N) is 1. The van der Waals surface area contributed by atoms with Crippen molar-refractivity contribution in [1.82, 2.24) is 10.2 Å². The number of likely N-dealkylation sites (N-methyl/N-ethyl adjacent to an activating group) is 2. The van der Waals surface area contributed by atoms with Gasteiger partial charge in [-0.3, -0.25) is 4.90 Å². The molecule has 78 valence electrons. The van der Waals surface area contributed by atoms with E-state index in [4.69, 9.17) is 4.74 Å². The molecule has 0 radical (unpaired) electrons. The first kappa shape index (κ1) is 11.0. The fraction of sp³-hybridized carbons (Fsp3) is 1.00. The predicted molar refractivity (Wildman–Crippen MR) is 55.0 cm³/mol. The van der Waals surface area contributed by atoms with E-state index in [0.717, 1.165) is 13.2 Å². The molecule has 1 fully saturated rings. The lowest BCUT2D eigenvalue weighted by atomic mass is 10.1. The Hall–Kier alpha value is -0.120. The summed E-state index contributed by atoms with van der Waals surface area (Å²) in [6.07, 6.45) is 1.18. The van der Waals surface area contributed by atoms with Crippen LogP contribution in [-0.4, -0.2) is 50.3 Å². The molecule has 3 atom stereocenters. The number of rotatable bonds is 4. The monoisotopic (exact) mass is 186 g/mol. The van der Waals surface area contributed by atoms with Gasteiger partial charge in [0.15, 0.2) is 0 Å². The molecule has 3 heteroatoms. The zero-order chi connectivity index (χ0) is 9.84. The highest BCUT2D eigenvalue weighted by Gasteiger charge is 2.25. The third-order valence-corrected chi connectivity index (χ3v) is 3.30. The average Bonchev–Trinajstić information content (AvgIpc) is 2.67. The first-order chi connectivity index (χ1) is 6.16. The van der Waals surface area contributed by atoms with Crippen molar-refractivity contribution in [3.8, 4) is 0 Å². The van der Waals surface area contributed by atoms with Gasteiger partial charge in [-0.15, -0.1) is 0 Å². The predicted octanol–water partition coefficient (Wildman–Crippen LogP) is 0.703. The minimum atomic E-state index is 0.533. The van der Waals surface area contributed by atoms with Crippen molar-refractivity contribution < 1.29 is 4.74 Å². The molecule has 0 aromatic rings. The van der Waals surface area contributed by atoms with Crippen LogP contribution in [0.1, 0.15) is 20.3 Å². The Morgan fingerprint density at radius 2 is 2.15 bits per heavy atom. The van der Waals surface area contributed by atoms with Crippen molar-refractivity contribution in [3.05, 3.63) is 0 Å². The molecule has 1 saturated heterocycles. The summed E-state index contributed by atoms with van der Waals surface area (Å²) in [6, 6.07) is 1.72. The molecule has 1 rings (SSSR count). The standard InChI is InChI=1S/C10H22N2O/c1-8(11-3)9(2)12(4)10-5-6-13-7-10/h8-11H,5-7H2,1-4H3. The molecule has 1 N–H and O–H groups in total. The Labute approximate surface area is 81.4 Å². The quantitative estimate of drug-likeness (QED) is 0.699. The van der Waals surface area contributed by atoms with Gasteiger partial charge in [-0.05, 0) is 34.4 Å². The van der Waals surface area contributed by atoms with Crippen molar-refractivity contribution >= 4 is 0 Å². The van der Waals surface area contributed by atoms with Crippen LogP contribution in [0.5, 0.6) is 0 Å². The van der Waals surface area contributed by atoms with Crippen LogP contribution in [0.15, 0.2) is 0 Å². The summed E-state index contributed by atoms with van der Waals surface area (Å²) in [6.45, 7) is 6.31. The summed E-state index contributed by atoms with van der Waals surface area (Å²) in [5.41, 5.74) is 0. The maximum Gasteiger partial charge on any atom is 0.0622 e. The Morgan fingerprint density at radius 3 is 2.62 bits per heavy atom. The SMILES string of the molecule is CNC(C)C(C)N(C)C1CCOC1. The van der Waals surface area contributed by atoms with Crippen LogP contribution < -0.4 is 5.32 Å². The molecule has 13 heavy (non-hydrogen) atoms. The van der Waals surface area contributed by atoms with E-state index < -0.39 is 0 Å². The molecule has 1 aliphatic rings. The second kappa shape index (κ2) is 4.94. The molecular formula is C10H22N2O. The molecule has 0 spiro atoms. The zero-order valence-corrected chi connectivity index (χ0v) is 9.21. The van der Waals surface area contributed by atoms with E-state index in [2.05, 4.69) is 31.1 Å². The second-order valence-corrected chi connectivity index (χ2v) is 4.00. The lowest BCUT2D eigenvalue weighted by Crippen LogP contribution is -2.48. The van der Waals surface area contributed by atoms with Gasteiger partial charge >= 0.3 is 0 Å². The highest BCUT2D eigenvalue weighted by Crippen LogP contribution is 2.14. The smallest absolute Gasteiger partial charge is 0.0622 e. The highest BCUT2D eigenvalue weighted by molar-refractivity contribution is 4.81. The Balaban J connectivity index is 2.40. The number of hydrogen-bond acceptors (Lipinski definition) is 3. The molecular weight excluding hydrogens is 164 g/mol.